The summed E-state index contributed by atoms with van der Waals surface area (Å²) in [6.07, 6.45) is 10.3. The van der Waals surface area contributed by atoms with Gasteiger partial charge in [-0.1, -0.05) is 6.42 Å². The number of carbonyl (C=O) groups is 1. The highest BCUT2D eigenvalue weighted by Gasteiger charge is 2.55. The molecule has 2 aliphatic rings. The summed E-state index contributed by atoms with van der Waals surface area (Å²) in [4.78, 5) is 11.5. The summed E-state index contributed by atoms with van der Waals surface area (Å²) in [5.41, 5.74) is 0. The van der Waals surface area contributed by atoms with E-state index in [1.807, 2.05) is 0 Å². The molecular weight excluding hydrogens is 148 g/mol. The molecule has 0 heterocycles. The van der Waals surface area contributed by atoms with Gasteiger partial charge >= 0.3 is 0 Å². The Hall–Kier alpha value is -0.770. The summed E-state index contributed by atoms with van der Waals surface area (Å²) < 4.78 is 0. The van der Waals surface area contributed by atoms with Crippen LogP contribution in [0.15, 0.2) is 0 Å². The van der Waals surface area contributed by atoms with Crippen molar-refractivity contribution in [1.29, 1.82) is 0 Å². The average molecular weight is 162 g/mol. The van der Waals surface area contributed by atoms with E-state index in [0.29, 0.717) is 24.5 Å². The van der Waals surface area contributed by atoms with Gasteiger partial charge in [-0.15, -0.1) is 12.3 Å². The van der Waals surface area contributed by atoms with E-state index < -0.39 is 0 Å². The van der Waals surface area contributed by atoms with E-state index in [4.69, 9.17) is 6.42 Å². The first-order chi connectivity index (χ1) is 5.84. The van der Waals surface area contributed by atoms with Crippen molar-refractivity contribution in [2.45, 2.75) is 32.1 Å². The molecule has 0 radical (unpaired) electrons. The van der Waals surface area contributed by atoms with Gasteiger partial charge in [-0.3, -0.25) is 4.79 Å². The molecule has 2 atom stereocenters. The first kappa shape index (κ1) is 7.86. The maximum atomic E-state index is 11.5. The molecule has 0 aromatic rings. The lowest BCUT2D eigenvalue weighted by molar-refractivity contribution is -0.120. The van der Waals surface area contributed by atoms with Crippen LogP contribution in [0.3, 0.4) is 0 Å². The molecule has 2 rings (SSSR count). The third-order valence-corrected chi connectivity index (χ3v) is 3.29. The molecule has 0 aromatic carbocycles. The SMILES string of the molecule is C#CCCC(=O)C1C2CCCC21. The van der Waals surface area contributed by atoms with Gasteiger partial charge in [0, 0.05) is 18.8 Å². The van der Waals surface area contributed by atoms with Crippen LogP contribution in [0, 0.1) is 30.1 Å². The molecule has 0 bridgehead atoms. The Morgan fingerprint density at radius 1 is 1.42 bits per heavy atom. The van der Waals surface area contributed by atoms with Crippen LogP contribution in [0.2, 0.25) is 0 Å². The quantitative estimate of drug-likeness (QED) is 0.580. The van der Waals surface area contributed by atoms with Crippen LogP contribution in [0.5, 0.6) is 0 Å². The van der Waals surface area contributed by atoms with Crippen molar-refractivity contribution in [3.05, 3.63) is 0 Å². The summed E-state index contributed by atoms with van der Waals surface area (Å²) in [7, 11) is 0. The molecule has 0 aromatic heterocycles. The Labute approximate surface area is 73.5 Å². The summed E-state index contributed by atoms with van der Waals surface area (Å²) >= 11 is 0. The van der Waals surface area contributed by atoms with Gasteiger partial charge in [0.1, 0.15) is 5.78 Å². The normalized spacial score (nSPS) is 37.1. The predicted molar refractivity (Wildman–Crippen MR) is 47.4 cm³/mol. The van der Waals surface area contributed by atoms with E-state index in [0.717, 1.165) is 11.8 Å². The molecule has 1 nitrogen and oxygen atoms in total. The lowest BCUT2D eigenvalue weighted by Gasteiger charge is -1.99. The minimum atomic E-state index is 0.423. The van der Waals surface area contributed by atoms with Crippen molar-refractivity contribution in [1.82, 2.24) is 0 Å². The molecule has 2 unspecified atom stereocenters. The van der Waals surface area contributed by atoms with Crippen LogP contribution < -0.4 is 0 Å². The Bertz CT molecular complexity index is 226. The minimum absolute atomic E-state index is 0.423. The van der Waals surface area contributed by atoms with Crippen LogP contribution >= 0.6 is 0 Å². The number of ketones is 1. The number of terminal acetylenes is 1. The molecule has 64 valence electrons. The first-order valence-corrected chi connectivity index (χ1v) is 4.81. The van der Waals surface area contributed by atoms with Crippen molar-refractivity contribution in [2.24, 2.45) is 17.8 Å². The minimum Gasteiger partial charge on any atom is -0.299 e. The standard InChI is InChI=1S/C11H14O/c1-2-3-7-10(12)11-8-5-4-6-9(8)11/h1,8-9,11H,3-7H2. The highest BCUT2D eigenvalue weighted by Crippen LogP contribution is 2.58. The highest BCUT2D eigenvalue weighted by atomic mass is 16.1. The highest BCUT2D eigenvalue weighted by molar-refractivity contribution is 5.84. The molecular formula is C11H14O. The fraction of sp³-hybridized carbons (Fsp3) is 0.727. The Morgan fingerprint density at radius 2 is 2.08 bits per heavy atom. The molecule has 0 spiro atoms. The lowest BCUT2D eigenvalue weighted by atomic mass is 10.0. The van der Waals surface area contributed by atoms with Gasteiger partial charge in [-0.05, 0) is 24.7 Å². The van der Waals surface area contributed by atoms with Gasteiger partial charge in [0.2, 0.25) is 0 Å². The van der Waals surface area contributed by atoms with E-state index in [9.17, 15) is 4.79 Å². The van der Waals surface area contributed by atoms with E-state index in [1.54, 1.807) is 0 Å². The van der Waals surface area contributed by atoms with Crippen molar-refractivity contribution in [3.8, 4) is 12.3 Å². The van der Waals surface area contributed by atoms with Gasteiger partial charge in [0.05, 0.1) is 0 Å². The molecule has 0 amide bonds. The summed E-state index contributed by atoms with van der Waals surface area (Å²) in [6, 6.07) is 0. The Balaban J connectivity index is 1.81. The summed E-state index contributed by atoms with van der Waals surface area (Å²) in [5.74, 6) is 4.90. The number of rotatable bonds is 3. The maximum Gasteiger partial charge on any atom is 0.137 e. The van der Waals surface area contributed by atoms with Crippen molar-refractivity contribution >= 4 is 5.78 Å². The molecule has 2 saturated carbocycles. The van der Waals surface area contributed by atoms with Gasteiger partial charge in [-0.25, -0.2) is 0 Å². The van der Waals surface area contributed by atoms with Crippen LogP contribution in [-0.2, 0) is 4.79 Å². The zero-order chi connectivity index (χ0) is 8.55. The molecule has 0 saturated heterocycles. The second-order valence-electron chi connectivity index (χ2n) is 3.95. The number of Topliss-reactive ketones (excluding diaryl/α,β-unsaturated/α-hetero) is 1. The number of fused-ring (bicyclic) bond motifs is 1. The first-order valence-electron chi connectivity index (χ1n) is 4.81. The van der Waals surface area contributed by atoms with E-state index in [2.05, 4.69) is 5.92 Å². The van der Waals surface area contributed by atoms with Gasteiger partial charge in [-0.2, -0.15) is 0 Å². The van der Waals surface area contributed by atoms with E-state index in [1.165, 1.54) is 19.3 Å². The van der Waals surface area contributed by atoms with Crippen molar-refractivity contribution in [2.75, 3.05) is 0 Å². The number of carbonyl (C=O) groups excluding carboxylic acids is 1. The van der Waals surface area contributed by atoms with Gasteiger partial charge in [0.25, 0.3) is 0 Å². The maximum absolute atomic E-state index is 11.5. The fourth-order valence-corrected chi connectivity index (χ4v) is 2.66. The molecule has 2 aliphatic carbocycles. The average Bonchev–Trinajstić information content (AvgIpc) is 2.56. The lowest BCUT2D eigenvalue weighted by Crippen LogP contribution is -2.04. The van der Waals surface area contributed by atoms with Crippen molar-refractivity contribution in [3.63, 3.8) is 0 Å². The Morgan fingerprint density at radius 3 is 2.67 bits per heavy atom. The smallest absolute Gasteiger partial charge is 0.137 e. The predicted octanol–water partition coefficient (Wildman–Crippen LogP) is 2.01. The second kappa shape index (κ2) is 2.94. The fourth-order valence-electron chi connectivity index (χ4n) is 2.66. The monoisotopic (exact) mass is 162 g/mol. The third-order valence-electron chi connectivity index (χ3n) is 3.29. The van der Waals surface area contributed by atoms with Crippen LogP contribution in [0.1, 0.15) is 32.1 Å². The zero-order valence-electron chi connectivity index (χ0n) is 7.25. The second-order valence-corrected chi connectivity index (χ2v) is 3.95. The van der Waals surface area contributed by atoms with E-state index in [-0.39, 0.29) is 0 Å². The summed E-state index contributed by atoms with van der Waals surface area (Å²) in [5, 5.41) is 0. The van der Waals surface area contributed by atoms with Crippen LogP contribution in [-0.4, -0.2) is 5.78 Å². The van der Waals surface area contributed by atoms with Crippen LogP contribution in [0.25, 0.3) is 0 Å². The topological polar surface area (TPSA) is 17.1 Å². The molecule has 0 N–H and O–H groups in total. The Kier molecular flexibility index (Phi) is 1.92. The molecule has 0 aliphatic heterocycles. The largest absolute Gasteiger partial charge is 0.299 e. The van der Waals surface area contributed by atoms with Crippen molar-refractivity contribution < 1.29 is 4.79 Å². The van der Waals surface area contributed by atoms with E-state index >= 15 is 0 Å². The molecule has 1 heteroatoms. The third kappa shape index (κ3) is 1.16. The summed E-state index contributed by atoms with van der Waals surface area (Å²) in [6.45, 7) is 0. The molecule has 2 fully saturated rings. The number of hydrogen-bond acceptors (Lipinski definition) is 1. The van der Waals surface area contributed by atoms with Gasteiger partial charge in [0.15, 0.2) is 0 Å². The number of hydrogen-bond donors (Lipinski definition) is 0. The van der Waals surface area contributed by atoms with Gasteiger partial charge < -0.3 is 0 Å². The molecule has 12 heavy (non-hydrogen) atoms. The zero-order valence-corrected chi connectivity index (χ0v) is 7.25. The van der Waals surface area contributed by atoms with Crippen LogP contribution in [0.4, 0.5) is 0 Å².